The van der Waals surface area contributed by atoms with Crippen LogP contribution in [0.25, 0.3) is 10.9 Å². The van der Waals surface area contributed by atoms with Crippen molar-refractivity contribution >= 4 is 32.3 Å². The first kappa shape index (κ1) is 22.3. The Balaban J connectivity index is 1.80. The Morgan fingerprint density at radius 2 is 1.76 bits per heavy atom. The first-order chi connectivity index (χ1) is 15.8. The Morgan fingerprint density at radius 1 is 1.00 bits per heavy atom. The average Bonchev–Trinajstić information content (AvgIpc) is 2.81. The fourth-order valence-electron chi connectivity index (χ4n) is 3.59. The van der Waals surface area contributed by atoms with Crippen molar-refractivity contribution < 1.29 is 17.9 Å². The summed E-state index contributed by atoms with van der Waals surface area (Å²) in [4.78, 5) is 25.6. The topological polar surface area (TPSA) is 94.5 Å². The molecule has 0 aliphatic rings. The summed E-state index contributed by atoms with van der Waals surface area (Å²) in [5, 5.41) is 3.02. The zero-order valence-electron chi connectivity index (χ0n) is 18.1. The molecule has 0 radical (unpaired) electrons. The molecule has 1 N–H and O–H groups in total. The fourth-order valence-corrected chi connectivity index (χ4v) is 4.98. The molecule has 0 unspecified atom stereocenters. The van der Waals surface area contributed by atoms with Gasteiger partial charge < -0.3 is 14.6 Å². The Bertz CT molecular complexity index is 1510. The Kier molecular flexibility index (Phi) is 6.02. The normalized spacial score (nSPS) is 11.3. The second-order valence-electron chi connectivity index (χ2n) is 7.57. The van der Waals surface area contributed by atoms with Crippen LogP contribution in [-0.2, 0) is 21.2 Å². The van der Waals surface area contributed by atoms with Crippen LogP contribution in [0.4, 0.5) is 5.69 Å². The standard InChI is InChI=1S/C25H22N2O5S/c1-17-11-12-22-21(13-17)25(29)23(33(30,31)20-9-4-3-5-10-20)15-27(22)16-24(28)26-18-7-6-8-19(14-18)32-2/h3-15H,16H2,1-2H3,(H,26,28). The summed E-state index contributed by atoms with van der Waals surface area (Å²) in [7, 11) is -2.55. The lowest BCUT2D eigenvalue weighted by Gasteiger charge is -2.15. The molecule has 0 bridgehead atoms. The molecule has 0 saturated carbocycles. The van der Waals surface area contributed by atoms with Gasteiger partial charge in [0.05, 0.1) is 17.5 Å². The van der Waals surface area contributed by atoms with E-state index in [9.17, 15) is 18.0 Å². The monoisotopic (exact) mass is 462 g/mol. The molecule has 1 aromatic heterocycles. The number of carbonyl (C=O) groups is 1. The molecule has 0 spiro atoms. The minimum absolute atomic E-state index is 0.0153. The second kappa shape index (κ2) is 8.91. The van der Waals surface area contributed by atoms with Crippen LogP contribution in [0.5, 0.6) is 5.75 Å². The molecule has 3 aromatic carbocycles. The van der Waals surface area contributed by atoms with Crippen molar-refractivity contribution in [1.82, 2.24) is 4.57 Å². The van der Waals surface area contributed by atoms with Crippen LogP contribution in [0.2, 0.25) is 0 Å². The number of hydrogen-bond donors (Lipinski definition) is 1. The predicted octanol–water partition coefficient (Wildman–Crippen LogP) is 3.79. The Hall–Kier alpha value is -3.91. The van der Waals surface area contributed by atoms with Crippen molar-refractivity contribution in [1.29, 1.82) is 0 Å². The highest BCUT2D eigenvalue weighted by Gasteiger charge is 2.24. The molecule has 0 fully saturated rings. The third-order valence-corrected chi connectivity index (χ3v) is 6.98. The van der Waals surface area contributed by atoms with E-state index < -0.39 is 15.3 Å². The summed E-state index contributed by atoms with van der Waals surface area (Å²) in [5.41, 5.74) is 1.22. The molecule has 0 aliphatic carbocycles. The minimum Gasteiger partial charge on any atom is -0.497 e. The molecule has 4 rings (SSSR count). The predicted molar refractivity (Wildman–Crippen MR) is 126 cm³/mol. The van der Waals surface area contributed by atoms with Gasteiger partial charge in [-0.15, -0.1) is 0 Å². The first-order valence-corrected chi connectivity index (χ1v) is 11.7. The molecule has 0 aliphatic heterocycles. The van der Waals surface area contributed by atoms with Gasteiger partial charge in [0.1, 0.15) is 17.2 Å². The molecule has 0 saturated heterocycles. The van der Waals surface area contributed by atoms with Crippen LogP contribution >= 0.6 is 0 Å². The number of anilines is 1. The molecular weight excluding hydrogens is 440 g/mol. The molecule has 8 heteroatoms. The number of aryl methyl sites for hydroxylation is 1. The lowest BCUT2D eigenvalue weighted by molar-refractivity contribution is -0.116. The zero-order valence-corrected chi connectivity index (χ0v) is 18.9. The molecule has 7 nitrogen and oxygen atoms in total. The van der Waals surface area contributed by atoms with Gasteiger partial charge in [0, 0.05) is 23.3 Å². The van der Waals surface area contributed by atoms with Crippen LogP contribution in [0.15, 0.2) is 93.6 Å². The number of amides is 1. The SMILES string of the molecule is COc1cccc(NC(=O)Cn2cc(S(=O)(=O)c3ccccc3)c(=O)c3cc(C)ccc32)c1. The van der Waals surface area contributed by atoms with Crippen LogP contribution < -0.4 is 15.5 Å². The molecule has 33 heavy (non-hydrogen) atoms. The van der Waals surface area contributed by atoms with E-state index in [1.807, 2.05) is 13.0 Å². The molecule has 1 heterocycles. The minimum atomic E-state index is -4.08. The van der Waals surface area contributed by atoms with Crippen molar-refractivity contribution in [3.8, 4) is 5.75 Å². The van der Waals surface area contributed by atoms with E-state index >= 15 is 0 Å². The van der Waals surface area contributed by atoms with Gasteiger partial charge in [-0.1, -0.05) is 35.9 Å². The number of hydrogen-bond acceptors (Lipinski definition) is 5. The maximum absolute atomic E-state index is 13.3. The zero-order chi connectivity index (χ0) is 23.6. The Labute approximate surface area is 191 Å². The van der Waals surface area contributed by atoms with Gasteiger partial charge >= 0.3 is 0 Å². The highest BCUT2D eigenvalue weighted by atomic mass is 32.2. The van der Waals surface area contributed by atoms with Gasteiger partial charge in [0.2, 0.25) is 21.2 Å². The molecule has 168 valence electrons. The number of carbonyl (C=O) groups excluding carboxylic acids is 1. The van der Waals surface area contributed by atoms with Gasteiger partial charge in [0.15, 0.2) is 0 Å². The summed E-state index contributed by atoms with van der Waals surface area (Å²) in [6, 6.07) is 19.8. The van der Waals surface area contributed by atoms with E-state index in [2.05, 4.69) is 5.32 Å². The van der Waals surface area contributed by atoms with Crippen molar-refractivity contribution in [2.24, 2.45) is 0 Å². The number of ether oxygens (including phenoxy) is 1. The third kappa shape index (κ3) is 4.51. The van der Waals surface area contributed by atoms with Crippen LogP contribution in [0, 0.1) is 6.92 Å². The largest absolute Gasteiger partial charge is 0.497 e. The van der Waals surface area contributed by atoms with Crippen molar-refractivity contribution in [2.45, 2.75) is 23.3 Å². The average molecular weight is 463 g/mol. The molecule has 0 atom stereocenters. The number of fused-ring (bicyclic) bond motifs is 1. The third-order valence-electron chi connectivity index (χ3n) is 5.21. The molecular formula is C25H22N2O5S. The van der Waals surface area contributed by atoms with Crippen molar-refractivity contribution in [3.05, 3.63) is 94.8 Å². The second-order valence-corrected chi connectivity index (χ2v) is 9.49. The van der Waals surface area contributed by atoms with Gasteiger partial charge in [-0.05, 0) is 43.3 Å². The number of benzene rings is 3. The number of nitrogens with zero attached hydrogens (tertiary/aromatic N) is 1. The van der Waals surface area contributed by atoms with Gasteiger partial charge in [0.25, 0.3) is 0 Å². The molecule has 1 amide bonds. The van der Waals surface area contributed by atoms with Gasteiger partial charge in [-0.2, -0.15) is 0 Å². The number of methoxy groups -OCH3 is 1. The lowest BCUT2D eigenvalue weighted by atomic mass is 10.1. The maximum Gasteiger partial charge on any atom is 0.244 e. The Morgan fingerprint density at radius 3 is 2.48 bits per heavy atom. The lowest BCUT2D eigenvalue weighted by Crippen LogP contribution is -2.24. The smallest absolute Gasteiger partial charge is 0.244 e. The number of rotatable bonds is 6. The van der Waals surface area contributed by atoms with E-state index in [1.165, 1.54) is 30.0 Å². The van der Waals surface area contributed by atoms with Crippen LogP contribution in [0.3, 0.4) is 0 Å². The summed E-state index contributed by atoms with van der Waals surface area (Å²) < 4.78 is 33.2. The van der Waals surface area contributed by atoms with Gasteiger partial charge in [-0.25, -0.2) is 8.42 Å². The maximum atomic E-state index is 13.3. The van der Waals surface area contributed by atoms with Crippen molar-refractivity contribution in [3.63, 3.8) is 0 Å². The summed E-state index contributed by atoms with van der Waals surface area (Å²) >= 11 is 0. The van der Waals surface area contributed by atoms with E-state index in [1.54, 1.807) is 54.6 Å². The number of sulfone groups is 1. The quantitative estimate of drug-likeness (QED) is 0.471. The van der Waals surface area contributed by atoms with E-state index in [4.69, 9.17) is 4.74 Å². The highest BCUT2D eigenvalue weighted by Crippen LogP contribution is 2.22. The highest BCUT2D eigenvalue weighted by molar-refractivity contribution is 7.91. The number of pyridine rings is 1. The van der Waals surface area contributed by atoms with E-state index in [0.29, 0.717) is 17.0 Å². The number of aromatic nitrogens is 1. The fraction of sp³-hybridized carbons (Fsp3) is 0.120. The van der Waals surface area contributed by atoms with Crippen molar-refractivity contribution in [2.75, 3.05) is 12.4 Å². The summed E-state index contributed by atoms with van der Waals surface area (Å²) in [6.45, 7) is 1.63. The van der Waals surface area contributed by atoms with Gasteiger partial charge in [-0.3, -0.25) is 9.59 Å². The number of nitrogens with one attached hydrogen (secondary N) is 1. The molecule has 4 aromatic rings. The van der Waals surface area contributed by atoms with Crippen LogP contribution in [-0.4, -0.2) is 26.0 Å². The first-order valence-electron chi connectivity index (χ1n) is 10.2. The van der Waals surface area contributed by atoms with E-state index in [0.717, 1.165) is 5.56 Å². The summed E-state index contributed by atoms with van der Waals surface area (Å²) in [6.07, 6.45) is 1.24. The van der Waals surface area contributed by atoms with E-state index in [-0.39, 0.29) is 27.6 Å². The summed E-state index contributed by atoms with van der Waals surface area (Å²) in [5.74, 6) is 0.213. The van der Waals surface area contributed by atoms with Crippen LogP contribution in [0.1, 0.15) is 5.56 Å².